The van der Waals surface area contributed by atoms with Crippen molar-refractivity contribution in [2.75, 3.05) is 18.9 Å². The summed E-state index contributed by atoms with van der Waals surface area (Å²) >= 11 is 0. The van der Waals surface area contributed by atoms with Gasteiger partial charge >= 0.3 is 0 Å². The molecule has 0 spiro atoms. The van der Waals surface area contributed by atoms with Crippen molar-refractivity contribution < 1.29 is 18.4 Å². The molecule has 0 aliphatic heterocycles. The molecule has 0 aliphatic carbocycles. The summed E-state index contributed by atoms with van der Waals surface area (Å²) in [4.78, 5) is 29.2. The minimum atomic E-state index is -1.06. The van der Waals surface area contributed by atoms with Gasteiger partial charge in [-0.1, -0.05) is 0 Å². The van der Waals surface area contributed by atoms with Crippen LogP contribution in [0.4, 0.5) is 14.5 Å². The van der Waals surface area contributed by atoms with Crippen LogP contribution in [-0.2, 0) is 16.0 Å². The van der Waals surface area contributed by atoms with Crippen LogP contribution < -0.4 is 5.32 Å². The number of hydrogen-bond acceptors (Lipinski definition) is 3. The first kappa shape index (κ1) is 17.5. The van der Waals surface area contributed by atoms with Gasteiger partial charge in [-0.05, 0) is 36.2 Å². The number of aromatic nitrogens is 1. The summed E-state index contributed by atoms with van der Waals surface area (Å²) in [6.07, 6.45) is 3.63. The Hall–Kier alpha value is -2.83. The topological polar surface area (TPSA) is 62.3 Å². The highest BCUT2D eigenvalue weighted by Crippen LogP contribution is 2.13. The summed E-state index contributed by atoms with van der Waals surface area (Å²) in [7, 11) is 1.61. The molecule has 0 saturated carbocycles. The lowest BCUT2D eigenvalue weighted by Crippen LogP contribution is -2.32. The normalized spacial score (nSPS) is 10.3. The molecule has 0 aliphatic rings. The van der Waals surface area contributed by atoms with Crippen molar-refractivity contribution in [2.24, 2.45) is 0 Å². The number of carbonyl (C=O) groups is 2. The van der Waals surface area contributed by atoms with Crippen molar-refractivity contribution >= 4 is 17.5 Å². The molecule has 0 radical (unpaired) electrons. The number of nitrogens with zero attached hydrogens (tertiary/aromatic N) is 2. The molecule has 126 valence electrons. The van der Waals surface area contributed by atoms with E-state index in [2.05, 4.69) is 10.3 Å². The third-order valence-corrected chi connectivity index (χ3v) is 3.43. The highest BCUT2D eigenvalue weighted by atomic mass is 19.2. The van der Waals surface area contributed by atoms with Crippen molar-refractivity contribution in [2.45, 2.75) is 12.8 Å². The van der Waals surface area contributed by atoms with E-state index >= 15 is 0 Å². The van der Waals surface area contributed by atoms with Gasteiger partial charge < -0.3 is 10.2 Å². The van der Waals surface area contributed by atoms with Gasteiger partial charge in [0.05, 0.1) is 0 Å². The van der Waals surface area contributed by atoms with Gasteiger partial charge in [-0.25, -0.2) is 8.78 Å². The van der Waals surface area contributed by atoms with Crippen LogP contribution in [0.1, 0.15) is 12.0 Å². The standard InChI is InChI=1S/C17H17F2N3O2/c1-22(9-6-12-4-7-20-8-5-12)17(24)11-16(23)21-13-2-3-14(18)15(19)10-13/h2-5,7-8,10H,6,9,11H2,1H3,(H,21,23). The van der Waals surface area contributed by atoms with Crippen molar-refractivity contribution in [1.82, 2.24) is 9.88 Å². The third-order valence-electron chi connectivity index (χ3n) is 3.43. The average Bonchev–Trinajstić information content (AvgIpc) is 2.56. The molecule has 0 atom stereocenters. The number of amides is 2. The Morgan fingerprint density at radius 2 is 1.83 bits per heavy atom. The van der Waals surface area contributed by atoms with E-state index in [1.54, 1.807) is 19.4 Å². The lowest BCUT2D eigenvalue weighted by atomic mass is 10.2. The molecule has 1 N–H and O–H groups in total. The Balaban J connectivity index is 1.81. The van der Waals surface area contributed by atoms with Crippen LogP contribution in [0.15, 0.2) is 42.7 Å². The number of hydrogen-bond donors (Lipinski definition) is 1. The van der Waals surface area contributed by atoms with Crippen molar-refractivity contribution in [3.8, 4) is 0 Å². The summed E-state index contributed by atoms with van der Waals surface area (Å²) < 4.78 is 25.9. The number of nitrogens with one attached hydrogen (secondary N) is 1. The number of benzene rings is 1. The zero-order valence-electron chi connectivity index (χ0n) is 13.1. The number of carbonyl (C=O) groups excluding carboxylic acids is 2. The predicted octanol–water partition coefficient (Wildman–Crippen LogP) is 2.39. The van der Waals surface area contributed by atoms with E-state index in [0.717, 1.165) is 17.7 Å². The fraction of sp³-hybridized carbons (Fsp3) is 0.235. The molecule has 5 nitrogen and oxygen atoms in total. The molecule has 1 aromatic carbocycles. The maximum atomic E-state index is 13.1. The van der Waals surface area contributed by atoms with Crippen LogP contribution in [0.5, 0.6) is 0 Å². The molecule has 0 bridgehead atoms. The van der Waals surface area contributed by atoms with Gasteiger partial charge in [-0.2, -0.15) is 0 Å². The largest absolute Gasteiger partial charge is 0.345 e. The molecule has 0 saturated heterocycles. The van der Waals surface area contributed by atoms with Gasteiger partial charge in [-0.3, -0.25) is 14.6 Å². The summed E-state index contributed by atoms with van der Waals surface area (Å²) in [5.74, 6) is -3.00. The maximum absolute atomic E-state index is 13.1. The number of likely N-dealkylation sites (N-methyl/N-ethyl adjacent to an activating group) is 1. The van der Waals surface area contributed by atoms with E-state index in [4.69, 9.17) is 0 Å². The Kier molecular flexibility index (Phi) is 5.95. The first-order valence-electron chi connectivity index (χ1n) is 7.33. The Labute approximate surface area is 138 Å². The van der Waals surface area contributed by atoms with E-state index < -0.39 is 17.5 Å². The van der Waals surface area contributed by atoms with Gasteiger partial charge in [0, 0.05) is 37.7 Å². The molecule has 24 heavy (non-hydrogen) atoms. The SMILES string of the molecule is CN(CCc1ccncc1)C(=O)CC(=O)Nc1ccc(F)c(F)c1. The Bertz CT molecular complexity index is 723. The second-order valence-corrected chi connectivity index (χ2v) is 5.27. The number of anilines is 1. The summed E-state index contributed by atoms with van der Waals surface area (Å²) in [6.45, 7) is 0.460. The molecule has 2 aromatic rings. The highest BCUT2D eigenvalue weighted by Gasteiger charge is 2.14. The molecular formula is C17H17F2N3O2. The second-order valence-electron chi connectivity index (χ2n) is 5.27. The van der Waals surface area contributed by atoms with E-state index in [1.807, 2.05) is 12.1 Å². The summed E-state index contributed by atoms with van der Waals surface area (Å²) in [6, 6.07) is 6.72. The zero-order chi connectivity index (χ0) is 17.5. The highest BCUT2D eigenvalue weighted by molar-refractivity contribution is 6.03. The van der Waals surface area contributed by atoms with Gasteiger partial charge in [0.25, 0.3) is 0 Å². The molecule has 0 fully saturated rings. The van der Waals surface area contributed by atoms with Gasteiger partial charge in [0.2, 0.25) is 11.8 Å². The minimum absolute atomic E-state index is 0.103. The van der Waals surface area contributed by atoms with E-state index in [0.29, 0.717) is 13.0 Å². The minimum Gasteiger partial charge on any atom is -0.345 e. The van der Waals surface area contributed by atoms with Crippen LogP contribution in [-0.4, -0.2) is 35.3 Å². The quantitative estimate of drug-likeness (QED) is 0.826. The molecule has 2 amide bonds. The number of pyridine rings is 1. The van der Waals surface area contributed by atoms with Crippen molar-refractivity contribution in [3.05, 3.63) is 59.9 Å². The fourth-order valence-electron chi connectivity index (χ4n) is 2.02. The van der Waals surface area contributed by atoms with E-state index in [9.17, 15) is 18.4 Å². The lowest BCUT2D eigenvalue weighted by Gasteiger charge is -2.17. The van der Waals surface area contributed by atoms with Crippen molar-refractivity contribution in [1.29, 1.82) is 0 Å². The van der Waals surface area contributed by atoms with E-state index in [-0.39, 0.29) is 18.0 Å². The zero-order valence-corrected chi connectivity index (χ0v) is 13.1. The number of halogens is 2. The van der Waals surface area contributed by atoms with Crippen LogP contribution in [0.2, 0.25) is 0 Å². The number of rotatable bonds is 6. The predicted molar refractivity (Wildman–Crippen MR) is 85.2 cm³/mol. The first-order valence-corrected chi connectivity index (χ1v) is 7.33. The maximum Gasteiger partial charge on any atom is 0.233 e. The van der Waals surface area contributed by atoms with Gasteiger partial charge in [-0.15, -0.1) is 0 Å². The second kappa shape index (κ2) is 8.14. The average molecular weight is 333 g/mol. The van der Waals surface area contributed by atoms with Crippen molar-refractivity contribution in [3.63, 3.8) is 0 Å². The Morgan fingerprint density at radius 1 is 1.12 bits per heavy atom. The third kappa shape index (κ3) is 5.12. The van der Waals surface area contributed by atoms with Crippen LogP contribution in [0.25, 0.3) is 0 Å². The monoisotopic (exact) mass is 333 g/mol. The first-order chi connectivity index (χ1) is 11.5. The molecule has 1 aromatic heterocycles. The smallest absolute Gasteiger partial charge is 0.233 e. The molecule has 0 unspecified atom stereocenters. The molecular weight excluding hydrogens is 316 g/mol. The molecule has 1 heterocycles. The molecule has 2 rings (SSSR count). The fourth-order valence-corrected chi connectivity index (χ4v) is 2.02. The van der Waals surface area contributed by atoms with Gasteiger partial charge in [0.1, 0.15) is 6.42 Å². The Morgan fingerprint density at radius 3 is 2.50 bits per heavy atom. The van der Waals surface area contributed by atoms with Crippen LogP contribution in [0.3, 0.4) is 0 Å². The molecule has 7 heteroatoms. The van der Waals surface area contributed by atoms with E-state index in [1.165, 1.54) is 11.0 Å². The summed E-state index contributed by atoms with van der Waals surface area (Å²) in [5, 5.41) is 2.37. The van der Waals surface area contributed by atoms with Crippen LogP contribution >= 0.6 is 0 Å². The van der Waals surface area contributed by atoms with Gasteiger partial charge in [0.15, 0.2) is 11.6 Å². The summed E-state index contributed by atoms with van der Waals surface area (Å²) in [5.41, 5.74) is 1.14. The van der Waals surface area contributed by atoms with Crippen LogP contribution in [0, 0.1) is 11.6 Å². The lowest BCUT2D eigenvalue weighted by molar-refractivity contribution is -0.133.